The van der Waals surface area contributed by atoms with Crippen molar-refractivity contribution in [2.24, 2.45) is 5.92 Å². The Labute approximate surface area is 202 Å². The first kappa shape index (κ1) is 42.4. The molecule has 27 heavy (non-hydrogen) atoms. The molecular formula is C20H45Cl2NOSi2Zr-4. The van der Waals surface area contributed by atoms with Gasteiger partial charge in [-0.25, -0.2) is 5.57 Å². The summed E-state index contributed by atoms with van der Waals surface area (Å²) >= 11 is 1.58. The monoisotopic (exact) mass is 531 g/mol. The standard InChI is InChI=1S/C9H13.C6H15OSi.C4H10N.CH3.2ClH.H2Si.Zr/c1-6-5-7(2)9(4)8(6)3;1-5-6-7-8(2,3)4;1-4(2,3)5;;;;;/h6H,1-4H3;1,5-6H2,2-4H3;5H,1-3H3;1H3;2*1H;1H2;/q4*-1;;;;. The molecule has 0 aromatic rings. The van der Waals surface area contributed by atoms with Crippen LogP contribution >= 0.6 is 24.8 Å². The molecule has 0 aromatic carbocycles. The number of rotatable bonds is 3. The van der Waals surface area contributed by atoms with E-state index in [9.17, 15) is 0 Å². The van der Waals surface area contributed by atoms with Crippen LogP contribution in [0.5, 0.6) is 0 Å². The van der Waals surface area contributed by atoms with E-state index >= 15 is 0 Å². The Kier molecular flexibility index (Phi) is 34.5. The van der Waals surface area contributed by atoms with Gasteiger partial charge in [-0.2, -0.15) is 17.6 Å². The van der Waals surface area contributed by atoms with Crippen molar-refractivity contribution >= 4 is 40.0 Å². The van der Waals surface area contributed by atoms with E-state index in [1.54, 1.807) is 23.3 Å². The molecule has 0 bridgehead atoms. The van der Waals surface area contributed by atoms with Gasteiger partial charge in [-0.05, 0) is 19.6 Å². The first-order chi connectivity index (χ1) is 10.7. The van der Waals surface area contributed by atoms with Crippen molar-refractivity contribution in [1.29, 1.82) is 0 Å². The van der Waals surface area contributed by atoms with E-state index < -0.39 is 8.32 Å². The molecule has 1 N–H and O–H groups in total. The molecule has 1 aliphatic rings. The van der Waals surface area contributed by atoms with Crippen LogP contribution in [0, 0.1) is 26.3 Å². The van der Waals surface area contributed by atoms with Gasteiger partial charge in [0.1, 0.15) is 0 Å². The molecule has 1 atom stereocenters. The second kappa shape index (κ2) is 22.0. The van der Waals surface area contributed by atoms with Gasteiger partial charge in [-0.1, -0.05) is 47.5 Å². The second-order valence-corrected chi connectivity index (χ2v) is 12.4. The summed E-state index contributed by atoms with van der Waals surface area (Å²) < 4.78 is 5.45. The molecule has 1 aliphatic carbocycles. The molecular weight excluding hydrogens is 489 g/mol. The zero-order valence-electron chi connectivity index (χ0n) is 19.6. The molecule has 1 rings (SSSR count). The number of hydrogen-bond acceptors (Lipinski definition) is 1. The Hall–Kier alpha value is 1.30. The van der Waals surface area contributed by atoms with Gasteiger partial charge in [0.05, 0.1) is 0 Å². The molecule has 0 radical (unpaired) electrons. The SMILES string of the molecule is CC(C)(C)[NH-].CC1=[C-]C(C)C(C)=C1C.Cl.Cl.[CH2-]CCO[Si](C)(C)C.[CH3-].[SiH2]=[Zr]. The summed E-state index contributed by atoms with van der Waals surface area (Å²) in [5.41, 5.74) is 10.9. The van der Waals surface area contributed by atoms with Crippen LogP contribution in [0.3, 0.4) is 0 Å². The van der Waals surface area contributed by atoms with Gasteiger partial charge in [-0.3, -0.25) is 6.08 Å². The Morgan fingerprint density at radius 3 is 1.56 bits per heavy atom. The topological polar surface area (TPSA) is 33.0 Å². The molecule has 7 heteroatoms. The third-order valence-electron chi connectivity index (χ3n) is 2.92. The van der Waals surface area contributed by atoms with E-state index in [1.165, 1.54) is 16.7 Å². The molecule has 0 saturated heterocycles. The van der Waals surface area contributed by atoms with Crippen LogP contribution in [-0.2, 0) is 27.8 Å². The minimum atomic E-state index is -1.22. The van der Waals surface area contributed by atoms with E-state index in [0.717, 1.165) is 13.0 Å². The number of hydrogen-bond donors (Lipinski definition) is 0. The third kappa shape index (κ3) is 35.1. The summed E-state index contributed by atoms with van der Waals surface area (Å²) in [6.45, 7) is 27.2. The van der Waals surface area contributed by atoms with Crippen LogP contribution in [0.4, 0.5) is 0 Å². The van der Waals surface area contributed by atoms with Crippen molar-refractivity contribution in [3.63, 3.8) is 0 Å². The summed E-state index contributed by atoms with van der Waals surface area (Å²) in [5.74, 6) is 0.560. The summed E-state index contributed by atoms with van der Waals surface area (Å²) in [4.78, 5) is 0. The number of nitrogens with one attached hydrogen (secondary N) is 1. The van der Waals surface area contributed by atoms with Crippen molar-refractivity contribution in [2.75, 3.05) is 6.61 Å². The quantitative estimate of drug-likeness (QED) is 0.284. The van der Waals surface area contributed by atoms with Gasteiger partial charge in [0.25, 0.3) is 0 Å². The van der Waals surface area contributed by atoms with E-state index in [2.05, 4.69) is 60.3 Å². The normalized spacial score (nSPS) is 14.9. The predicted octanol–water partition coefficient (Wildman–Crippen LogP) is 7.00. The average Bonchev–Trinajstić information content (AvgIpc) is 2.63. The minimum absolute atomic E-state index is 0. The fraction of sp³-hybridized carbons (Fsp3) is 0.700. The van der Waals surface area contributed by atoms with E-state index in [-0.39, 0.29) is 37.8 Å². The fourth-order valence-electron chi connectivity index (χ4n) is 1.54. The average molecular weight is 534 g/mol. The van der Waals surface area contributed by atoms with Crippen LogP contribution in [0.1, 0.15) is 54.9 Å². The van der Waals surface area contributed by atoms with Gasteiger partial charge in [-0.15, -0.1) is 37.3 Å². The maximum atomic E-state index is 6.94. The van der Waals surface area contributed by atoms with E-state index in [1.807, 2.05) is 27.7 Å². The van der Waals surface area contributed by atoms with E-state index in [0.29, 0.717) is 5.92 Å². The van der Waals surface area contributed by atoms with Gasteiger partial charge in [0.15, 0.2) is 8.32 Å². The first-order valence-corrected chi connectivity index (χ1v) is 17.8. The van der Waals surface area contributed by atoms with Gasteiger partial charge >= 0.3 is 30.2 Å². The van der Waals surface area contributed by atoms with Crippen molar-refractivity contribution in [1.82, 2.24) is 0 Å². The van der Waals surface area contributed by atoms with Crippen LogP contribution in [0.2, 0.25) is 19.6 Å². The Bertz CT molecular complexity index is 398. The molecule has 2 nitrogen and oxygen atoms in total. The third-order valence-corrected chi connectivity index (χ3v) is 3.99. The zero-order valence-corrected chi connectivity index (χ0v) is 26.1. The molecule has 0 spiro atoms. The van der Waals surface area contributed by atoms with Crippen molar-refractivity contribution < 1.29 is 27.8 Å². The Balaban J connectivity index is -0.0000000572. The van der Waals surface area contributed by atoms with Crippen molar-refractivity contribution in [3.8, 4) is 0 Å². The summed E-state index contributed by atoms with van der Waals surface area (Å²) in [6, 6.07) is 0. The zero-order chi connectivity index (χ0) is 20.1. The molecule has 0 heterocycles. The molecule has 166 valence electrons. The number of halogens is 2. The molecule has 1 unspecified atom stereocenters. The summed E-state index contributed by atoms with van der Waals surface area (Å²) in [6.07, 6.45) is 4.25. The summed E-state index contributed by atoms with van der Waals surface area (Å²) in [5, 5.41) is 0. The van der Waals surface area contributed by atoms with Gasteiger partial charge < -0.3 is 24.5 Å². The van der Waals surface area contributed by atoms with Gasteiger partial charge in [0, 0.05) is 6.61 Å². The van der Waals surface area contributed by atoms with Crippen LogP contribution in [0.15, 0.2) is 16.7 Å². The van der Waals surface area contributed by atoms with Gasteiger partial charge in [0.2, 0.25) is 0 Å². The fourth-order valence-corrected chi connectivity index (χ4v) is 2.30. The molecule has 0 fully saturated rings. The van der Waals surface area contributed by atoms with Crippen LogP contribution in [0.25, 0.3) is 5.73 Å². The van der Waals surface area contributed by atoms with Crippen LogP contribution < -0.4 is 0 Å². The Morgan fingerprint density at radius 2 is 1.48 bits per heavy atom. The van der Waals surface area contributed by atoms with E-state index in [4.69, 9.17) is 10.2 Å². The molecule has 0 saturated carbocycles. The van der Waals surface area contributed by atoms with Crippen molar-refractivity contribution in [3.05, 3.63) is 42.9 Å². The predicted molar refractivity (Wildman–Crippen MR) is 133 cm³/mol. The molecule has 0 amide bonds. The maximum absolute atomic E-state index is 6.94. The molecule has 0 aromatic heterocycles. The number of allylic oxidation sites excluding steroid dienone is 4. The molecule has 0 aliphatic heterocycles. The van der Waals surface area contributed by atoms with Crippen molar-refractivity contribution in [2.45, 2.75) is 80.1 Å². The second-order valence-electron chi connectivity index (χ2n) is 7.86. The Morgan fingerprint density at radius 1 is 1.15 bits per heavy atom. The first-order valence-electron chi connectivity index (χ1n) is 8.50. The summed E-state index contributed by atoms with van der Waals surface area (Å²) in [7, 11) is -1.22. The van der Waals surface area contributed by atoms with Crippen LogP contribution in [-0.4, -0.2) is 27.3 Å².